The van der Waals surface area contributed by atoms with Gasteiger partial charge in [0.25, 0.3) is 0 Å². The quantitative estimate of drug-likeness (QED) is 0.612. The Hall–Kier alpha value is -2.99. The van der Waals surface area contributed by atoms with Crippen LogP contribution in [0.4, 0.5) is 0 Å². The zero-order valence-corrected chi connectivity index (χ0v) is 12.4. The molecule has 4 aromatic rings. The van der Waals surface area contributed by atoms with Gasteiger partial charge in [-0.05, 0) is 12.1 Å². The lowest BCUT2D eigenvalue weighted by atomic mass is 10.1. The number of aromatic nitrogens is 4. The van der Waals surface area contributed by atoms with Crippen molar-refractivity contribution in [3.05, 3.63) is 59.2 Å². The molecule has 0 spiro atoms. The Bertz CT molecular complexity index is 1070. The van der Waals surface area contributed by atoms with Crippen LogP contribution in [0, 0.1) is 0 Å². The minimum absolute atomic E-state index is 0.172. The maximum absolute atomic E-state index is 11.1. The molecule has 2 aromatic carbocycles. The van der Waals surface area contributed by atoms with Crippen molar-refractivity contribution >= 4 is 34.0 Å². The summed E-state index contributed by atoms with van der Waals surface area (Å²) < 4.78 is 1.53. The van der Waals surface area contributed by atoms with Gasteiger partial charge in [-0.1, -0.05) is 48.0 Å². The number of halogens is 1. The third kappa shape index (κ3) is 2.11. The molecule has 0 saturated carbocycles. The van der Waals surface area contributed by atoms with Crippen molar-refractivity contribution < 1.29 is 9.90 Å². The molecule has 0 atom stereocenters. The molecule has 1 N–H and O–H groups in total. The summed E-state index contributed by atoms with van der Waals surface area (Å²) in [4.78, 5) is 11.1. The number of rotatable bonds is 2. The van der Waals surface area contributed by atoms with Crippen LogP contribution in [0.3, 0.4) is 0 Å². The standard InChI is InChI=1S/C16H9ClN4O2/c17-13-11-6-1-2-7-12(11)15-19-18-14(21(15)20-13)9-4-3-5-10(8-9)16(22)23/h1-8H,(H,22,23). The van der Waals surface area contributed by atoms with Gasteiger partial charge in [-0.2, -0.15) is 9.61 Å². The van der Waals surface area contributed by atoms with E-state index in [-0.39, 0.29) is 5.56 Å². The van der Waals surface area contributed by atoms with Gasteiger partial charge in [0.2, 0.25) is 0 Å². The number of fused-ring (bicyclic) bond motifs is 3. The first-order valence-corrected chi connectivity index (χ1v) is 7.16. The molecule has 0 bridgehead atoms. The van der Waals surface area contributed by atoms with E-state index in [2.05, 4.69) is 15.3 Å². The monoisotopic (exact) mass is 324 g/mol. The highest BCUT2D eigenvalue weighted by Crippen LogP contribution is 2.27. The number of carboxylic acid groups (broad SMARTS) is 1. The van der Waals surface area contributed by atoms with Crippen molar-refractivity contribution in [2.75, 3.05) is 0 Å². The molecule has 0 amide bonds. The van der Waals surface area contributed by atoms with Crippen LogP contribution >= 0.6 is 11.6 Å². The van der Waals surface area contributed by atoms with Crippen LogP contribution in [0.2, 0.25) is 5.15 Å². The van der Waals surface area contributed by atoms with Gasteiger partial charge < -0.3 is 5.11 Å². The molecule has 2 aromatic heterocycles. The summed E-state index contributed by atoms with van der Waals surface area (Å²) in [6.45, 7) is 0. The topological polar surface area (TPSA) is 80.4 Å². The van der Waals surface area contributed by atoms with E-state index < -0.39 is 5.97 Å². The third-order valence-corrected chi connectivity index (χ3v) is 3.87. The highest BCUT2D eigenvalue weighted by Gasteiger charge is 2.15. The van der Waals surface area contributed by atoms with E-state index in [1.807, 2.05) is 24.3 Å². The highest BCUT2D eigenvalue weighted by atomic mass is 35.5. The number of carboxylic acids is 1. The van der Waals surface area contributed by atoms with Gasteiger partial charge in [0.1, 0.15) is 0 Å². The summed E-state index contributed by atoms with van der Waals surface area (Å²) in [6, 6.07) is 14.0. The molecule has 0 fully saturated rings. The smallest absolute Gasteiger partial charge is 0.335 e. The lowest BCUT2D eigenvalue weighted by Crippen LogP contribution is -1.99. The molecule has 0 aliphatic rings. The molecular weight excluding hydrogens is 316 g/mol. The van der Waals surface area contributed by atoms with Gasteiger partial charge in [0.15, 0.2) is 16.6 Å². The molecule has 112 valence electrons. The van der Waals surface area contributed by atoms with Gasteiger partial charge in [0, 0.05) is 16.3 Å². The van der Waals surface area contributed by atoms with Crippen LogP contribution in [0.1, 0.15) is 10.4 Å². The molecule has 0 radical (unpaired) electrons. The van der Waals surface area contributed by atoms with Crippen molar-refractivity contribution in [1.29, 1.82) is 0 Å². The van der Waals surface area contributed by atoms with E-state index in [4.69, 9.17) is 16.7 Å². The molecule has 2 heterocycles. The van der Waals surface area contributed by atoms with Gasteiger partial charge in [0.05, 0.1) is 5.56 Å². The first kappa shape index (κ1) is 13.7. The van der Waals surface area contributed by atoms with E-state index >= 15 is 0 Å². The Labute approximate surface area is 135 Å². The largest absolute Gasteiger partial charge is 0.478 e. The zero-order valence-electron chi connectivity index (χ0n) is 11.6. The lowest BCUT2D eigenvalue weighted by Gasteiger charge is -2.04. The second kappa shape index (κ2) is 5.03. The summed E-state index contributed by atoms with van der Waals surface area (Å²) in [5.74, 6) is -0.562. The summed E-state index contributed by atoms with van der Waals surface area (Å²) in [5.41, 5.74) is 1.35. The first-order valence-electron chi connectivity index (χ1n) is 6.78. The summed E-state index contributed by atoms with van der Waals surface area (Å²) >= 11 is 6.25. The average Bonchev–Trinajstić information content (AvgIpc) is 2.99. The Kier molecular flexibility index (Phi) is 2.99. The number of carbonyl (C=O) groups is 1. The molecule has 23 heavy (non-hydrogen) atoms. The predicted molar refractivity (Wildman–Crippen MR) is 85.7 cm³/mol. The number of benzene rings is 2. The van der Waals surface area contributed by atoms with Gasteiger partial charge in [-0.25, -0.2) is 4.79 Å². The van der Waals surface area contributed by atoms with Gasteiger partial charge >= 0.3 is 5.97 Å². The van der Waals surface area contributed by atoms with Crippen LogP contribution < -0.4 is 0 Å². The molecule has 0 aliphatic heterocycles. The van der Waals surface area contributed by atoms with Crippen molar-refractivity contribution in [1.82, 2.24) is 19.8 Å². The molecule has 6 nitrogen and oxygen atoms in total. The number of nitrogens with zero attached hydrogens (tertiary/aromatic N) is 4. The summed E-state index contributed by atoms with van der Waals surface area (Å²) in [6.07, 6.45) is 0. The van der Waals surface area contributed by atoms with Crippen molar-refractivity contribution in [3.8, 4) is 11.4 Å². The number of hydrogen-bond donors (Lipinski definition) is 1. The van der Waals surface area contributed by atoms with Gasteiger partial charge in [-0.15, -0.1) is 10.2 Å². The summed E-state index contributed by atoms with van der Waals surface area (Å²) in [7, 11) is 0. The Balaban J connectivity index is 2.02. The van der Waals surface area contributed by atoms with Crippen molar-refractivity contribution in [2.45, 2.75) is 0 Å². The predicted octanol–water partition coefficient (Wildman–Crippen LogP) is 3.30. The SMILES string of the molecule is O=C(O)c1cccc(-c2nnc3c4ccccc4c(Cl)nn23)c1. The molecule has 0 unspecified atom stereocenters. The van der Waals surface area contributed by atoms with Crippen LogP contribution in [-0.4, -0.2) is 30.9 Å². The fourth-order valence-corrected chi connectivity index (χ4v) is 2.75. The van der Waals surface area contributed by atoms with Crippen molar-refractivity contribution in [3.63, 3.8) is 0 Å². The number of hydrogen-bond acceptors (Lipinski definition) is 4. The lowest BCUT2D eigenvalue weighted by molar-refractivity contribution is 0.0697. The molecule has 0 aliphatic carbocycles. The molecule has 7 heteroatoms. The minimum atomic E-state index is -1.00. The maximum Gasteiger partial charge on any atom is 0.335 e. The van der Waals surface area contributed by atoms with Crippen LogP contribution in [0.5, 0.6) is 0 Å². The Morgan fingerprint density at radius 3 is 2.61 bits per heavy atom. The normalized spacial score (nSPS) is 11.2. The Morgan fingerprint density at radius 2 is 1.83 bits per heavy atom. The third-order valence-electron chi connectivity index (χ3n) is 3.59. The van der Waals surface area contributed by atoms with E-state index in [0.29, 0.717) is 22.2 Å². The zero-order chi connectivity index (χ0) is 16.0. The van der Waals surface area contributed by atoms with E-state index in [1.165, 1.54) is 16.6 Å². The van der Waals surface area contributed by atoms with E-state index in [9.17, 15) is 4.79 Å². The fourth-order valence-electron chi connectivity index (χ4n) is 2.51. The molecular formula is C16H9ClN4O2. The van der Waals surface area contributed by atoms with Crippen LogP contribution in [0.15, 0.2) is 48.5 Å². The second-order valence-electron chi connectivity index (χ2n) is 4.98. The summed E-state index contributed by atoms with van der Waals surface area (Å²) in [5, 5.41) is 23.8. The first-order chi connectivity index (χ1) is 11.1. The van der Waals surface area contributed by atoms with Crippen LogP contribution in [-0.2, 0) is 0 Å². The average molecular weight is 325 g/mol. The maximum atomic E-state index is 11.1. The number of aromatic carboxylic acids is 1. The van der Waals surface area contributed by atoms with E-state index in [0.717, 1.165) is 10.8 Å². The highest BCUT2D eigenvalue weighted by molar-refractivity contribution is 6.34. The minimum Gasteiger partial charge on any atom is -0.478 e. The van der Waals surface area contributed by atoms with Crippen LogP contribution in [0.25, 0.3) is 27.8 Å². The second-order valence-corrected chi connectivity index (χ2v) is 5.34. The van der Waals surface area contributed by atoms with Crippen molar-refractivity contribution in [2.24, 2.45) is 0 Å². The van der Waals surface area contributed by atoms with E-state index in [1.54, 1.807) is 12.1 Å². The van der Waals surface area contributed by atoms with Gasteiger partial charge in [-0.3, -0.25) is 0 Å². The fraction of sp³-hybridized carbons (Fsp3) is 0. The molecule has 0 saturated heterocycles. The molecule has 4 rings (SSSR count). The Morgan fingerprint density at radius 1 is 1.04 bits per heavy atom.